The lowest BCUT2D eigenvalue weighted by atomic mass is 10.3. The number of carbonyl (C=O) groups is 1. The number of hydrogen-bond acceptors (Lipinski definition) is 5. The van der Waals surface area contributed by atoms with Gasteiger partial charge in [-0.15, -0.1) is 0 Å². The first-order valence-corrected chi connectivity index (χ1v) is 13.5. The second-order valence-electron chi connectivity index (χ2n) is 6.93. The Labute approximate surface area is 199 Å². The highest BCUT2D eigenvalue weighted by Crippen LogP contribution is 2.23. The number of hydrogen-bond donors (Lipinski definition) is 2. The molecule has 3 aromatic carbocycles. The summed E-state index contributed by atoms with van der Waals surface area (Å²) < 4.78 is 66.3. The molecule has 0 saturated carbocycles. The van der Waals surface area contributed by atoms with Crippen molar-refractivity contribution in [2.24, 2.45) is 0 Å². The zero-order valence-corrected chi connectivity index (χ0v) is 20.4. The number of amides is 1. The van der Waals surface area contributed by atoms with Crippen LogP contribution in [0, 0.1) is 5.82 Å². The largest absolute Gasteiger partial charge is 0.325 e. The fourth-order valence-corrected chi connectivity index (χ4v) is 5.11. The van der Waals surface area contributed by atoms with Crippen LogP contribution in [0.3, 0.4) is 0 Å². The summed E-state index contributed by atoms with van der Waals surface area (Å²) in [4.78, 5) is 12.4. The predicted octanol–water partition coefficient (Wildman–Crippen LogP) is 3.79. The van der Waals surface area contributed by atoms with Gasteiger partial charge in [-0.2, -0.15) is 0 Å². The minimum atomic E-state index is -3.93. The third kappa shape index (κ3) is 6.76. The Balaban J connectivity index is 1.70. The van der Waals surface area contributed by atoms with Crippen LogP contribution in [0.5, 0.6) is 0 Å². The van der Waals surface area contributed by atoms with E-state index in [1.54, 1.807) is 24.3 Å². The van der Waals surface area contributed by atoms with Crippen molar-refractivity contribution < 1.29 is 26.0 Å². The lowest BCUT2D eigenvalue weighted by Crippen LogP contribution is -2.37. The number of carbonyl (C=O) groups excluding carboxylic acids is 1. The lowest BCUT2D eigenvalue weighted by molar-refractivity contribution is -0.114. The van der Waals surface area contributed by atoms with Crippen molar-refractivity contribution in [1.29, 1.82) is 0 Å². The minimum Gasteiger partial charge on any atom is -0.325 e. The fraction of sp³-hybridized carbons (Fsp3) is 0.0952. The van der Waals surface area contributed by atoms with E-state index in [2.05, 4.69) is 26.0 Å². The van der Waals surface area contributed by atoms with Crippen molar-refractivity contribution in [3.63, 3.8) is 0 Å². The van der Waals surface area contributed by atoms with Gasteiger partial charge >= 0.3 is 0 Å². The SMILES string of the molecule is CS(=O)(=O)N(CC(=O)Nc1ccc(S(=O)(=O)Nc2ccc(F)cc2)cc1)c1cccc(Br)c1. The zero-order valence-electron chi connectivity index (χ0n) is 17.2. The molecular weight excluding hydrogens is 537 g/mol. The average molecular weight is 556 g/mol. The summed E-state index contributed by atoms with van der Waals surface area (Å²) in [5, 5.41) is 2.55. The van der Waals surface area contributed by atoms with Crippen LogP contribution in [0.25, 0.3) is 0 Å². The summed E-state index contributed by atoms with van der Waals surface area (Å²) in [6.45, 7) is -0.471. The van der Waals surface area contributed by atoms with Crippen molar-refractivity contribution in [3.8, 4) is 0 Å². The maximum Gasteiger partial charge on any atom is 0.261 e. The lowest BCUT2D eigenvalue weighted by Gasteiger charge is -2.22. The van der Waals surface area contributed by atoms with Gasteiger partial charge in [0.05, 0.1) is 16.8 Å². The van der Waals surface area contributed by atoms with Gasteiger partial charge in [0.15, 0.2) is 0 Å². The highest BCUT2D eigenvalue weighted by Gasteiger charge is 2.21. The molecule has 174 valence electrons. The second kappa shape index (κ2) is 9.89. The monoisotopic (exact) mass is 555 g/mol. The van der Waals surface area contributed by atoms with Gasteiger partial charge in [0.2, 0.25) is 15.9 Å². The van der Waals surface area contributed by atoms with E-state index < -0.39 is 38.3 Å². The number of anilines is 3. The van der Waals surface area contributed by atoms with E-state index in [-0.39, 0.29) is 16.3 Å². The molecule has 3 aromatic rings. The first kappa shape index (κ1) is 24.7. The molecule has 8 nitrogen and oxygen atoms in total. The van der Waals surface area contributed by atoms with E-state index in [9.17, 15) is 26.0 Å². The molecule has 0 saturated heterocycles. The van der Waals surface area contributed by atoms with Crippen molar-refractivity contribution in [1.82, 2.24) is 0 Å². The highest BCUT2D eigenvalue weighted by molar-refractivity contribution is 9.10. The molecular formula is C21H19BrFN3O5S2. The first-order valence-electron chi connectivity index (χ1n) is 9.36. The van der Waals surface area contributed by atoms with E-state index in [1.165, 1.54) is 36.4 Å². The minimum absolute atomic E-state index is 0.0725. The highest BCUT2D eigenvalue weighted by atomic mass is 79.9. The quantitative estimate of drug-likeness (QED) is 0.439. The third-order valence-corrected chi connectivity index (χ3v) is 7.36. The molecule has 3 rings (SSSR count). The molecule has 0 unspecified atom stereocenters. The molecule has 0 aliphatic heterocycles. The molecule has 0 atom stereocenters. The molecule has 0 heterocycles. The number of nitrogens with zero attached hydrogens (tertiary/aromatic N) is 1. The molecule has 33 heavy (non-hydrogen) atoms. The van der Waals surface area contributed by atoms with Crippen molar-refractivity contribution in [3.05, 3.63) is 83.1 Å². The van der Waals surface area contributed by atoms with Gasteiger partial charge in [-0.25, -0.2) is 21.2 Å². The van der Waals surface area contributed by atoms with Gasteiger partial charge in [0, 0.05) is 15.8 Å². The summed E-state index contributed by atoms with van der Waals surface area (Å²) in [5.74, 6) is -1.10. The summed E-state index contributed by atoms with van der Waals surface area (Å²) in [5.41, 5.74) is 0.793. The van der Waals surface area contributed by atoms with E-state index in [0.717, 1.165) is 22.7 Å². The molecule has 1 amide bonds. The second-order valence-corrected chi connectivity index (χ2v) is 11.4. The van der Waals surface area contributed by atoms with Crippen LogP contribution in [0.4, 0.5) is 21.5 Å². The van der Waals surface area contributed by atoms with Crippen LogP contribution >= 0.6 is 15.9 Å². The summed E-state index contributed by atoms with van der Waals surface area (Å²) in [6.07, 6.45) is 0.995. The Morgan fingerprint density at radius 1 is 0.939 bits per heavy atom. The van der Waals surface area contributed by atoms with Gasteiger partial charge in [-0.1, -0.05) is 22.0 Å². The Bertz CT molecular complexity index is 1360. The van der Waals surface area contributed by atoms with Crippen LogP contribution in [-0.2, 0) is 24.8 Å². The maximum atomic E-state index is 13.0. The van der Waals surface area contributed by atoms with Crippen molar-refractivity contribution in [2.75, 3.05) is 27.1 Å². The first-order chi connectivity index (χ1) is 15.4. The maximum absolute atomic E-state index is 13.0. The Morgan fingerprint density at radius 3 is 2.12 bits per heavy atom. The van der Waals surface area contributed by atoms with E-state index in [0.29, 0.717) is 10.2 Å². The molecule has 0 bridgehead atoms. The fourth-order valence-electron chi connectivity index (χ4n) is 2.81. The average Bonchev–Trinajstić information content (AvgIpc) is 2.73. The molecule has 0 spiro atoms. The molecule has 0 radical (unpaired) electrons. The number of benzene rings is 3. The van der Waals surface area contributed by atoms with Crippen LogP contribution in [0.15, 0.2) is 82.2 Å². The number of rotatable bonds is 8. The number of sulfonamides is 2. The zero-order chi connectivity index (χ0) is 24.2. The van der Waals surface area contributed by atoms with Gasteiger partial charge in [-0.3, -0.25) is 13.8 Å². The van der Waals surface area contributed by atoms with Crippen LogP contribution in [0.1, 0.15) is 0 Å². The number of nitrogens with one attached hydrogen (secondary N) is 2. The standard InChI is InChI=1S/C21H19BrFN3O5S2/c1-32(28,29)26(19-4-2-3-15(22)13-19)14-21(27)24-17-9-11-20(12-10-17)33(30,31)25-18-7-5-16(23)6-8-18/h2-13,25H,14H2,1H3,(H,24,27). The Hall–Kier alpha value is -2.96. The van der Waals surface area contributed by atoms with Gasteiger partial charge in [0.25, 0.3) is 10.0 Å². The smallest absolute Gasteiger partial charge is 0.261 e. The van der Waals surface area contributed by atoms with Crippen LogP contribution < -0.4 is 14.3 Å². The van der Waals surface area contributed by atoms with Gasteiger partial charge in [-0.05, 0) is 66.7 Å². The molecule has 0 aliphatic carbocycles. The Kier molecular flexibility index (Phi) is 7.40. The van der Waals surface area contributed by atoms with Crippen molar-refractivity contribution in [2.45, 2.75) is 4.90 Å². The van der Waals surface area contributed by atoms with Gasteiger partial charge < -0.3 is 5.32 Å². The molecule has 12 heteroatoms. The molecule has 0 aromatic heterocycles. The summed E-state index contributed by atoms with van der Waals surface area (Å²) in [6, 6.07) is 16.7. The van der Waals surface area contributed by atoms with Crippen LogP contribution in [-0.4, -0.2) is 35.5 Å². The molecule has 0 fully saturated rings. The predicted molar refractivity (Wildman–Crippen MR) is 129 cm³/mol. The third-order valence-electron chi connectivity index (χ3n) is 4.33. The molecule has 2 N–H and O–H groups in total. The molecule has 0 aliphatic rings. The van der Waals surface area contributed by atoms with E-state index in [4.69, 9.17) is 0 Å². The van der Waals surface area contributed by atoms with Crippen LogP contribution in [0.2, 0.25) is 0 Å². The van der Waals surface area contributed by atoms with Crippen molar-refractivity contribution >= 4 is 58.9 Å². The summed E-state index contributed by atoms with van der Waals surface area (Å²) >= 11 is 3.27. The van der Waals surface area contributed by atoms with Gasteiger partial charge in [0.1, 0.15) is 12.4 Å². The number of halogens is 2. The topological polar surface area (TPSA) is 113 Å². The van der Waals surface area contributed by atoms with E-state index >= 15 is 0 Å². The summed E-state index contributed by atoms with van der Waals surface area (Å²) in [7, 11) is -7.67. The normalized spacial score (nSPS) is 11.6. The van der Waals surface area contributed by atoms with E-state index in [1.807, 2.05) is 0 Å². The Morgan fingerprint density at radius 2 is 1.55 bits per heavy atom.